The lowest BCUT2D eigenvalue weighted by Gasteiger charge is -2.17. The van der Waals surface area contributed by atoms with Gasteiger partial charge in [0.1, 0.15) is 11.6 Å². The van der Waals surface area contributed by atoms with Crippen LogP contribution >= 0.6 is 11.3 Å². The monoisotopic (exact) mass is 314 g/mol. The Labute approximate surface area is 119 Å². The van der Waals surface area contributed by atoms with Gasteiger partial charge < -0.3 is 10.5 Å². The lowest BCUT2D eigenvalue weighted by atomic mass is 9.91. The maximum absolute atomic E-state index is 12.7. The van der Waals surface area contributed by atoms with E-state index >= 15 is 0 Å². The van der Waals surface area contributed by atoms with Crippen molar-refractivity contribution in [3.63, 3.8) is 0 Å². The van der Waals surface area contributed by atoms with Crippen LogP contribution in [0, 0.1) is 0 Å². The van der Waals surface area contributed by atoms with Gasteiger partial charge in [-0.05, 0) is 0 Å². The molecular weight excluding hydrogens is 296 g/mol. The molecule has 0 amide bonds. The van der Waals surface area contributed by atoms with Crippen LogP contribution in [0.4, 0.5) is 17.6 Å². The Kier molecular flexibility index (Phi) is 5.51. The number of aromatic nitrogens is 1. The molecule has 1 heterocycles. The first-order valence-electron chi connectivity index (χ1n) is 6.00. The predicted octanol–water partition coefficient (Wildman–Crippen LogP) is 3.32. The second-order valence-corrected chi connectivity index (χ2v) is 6.56. The highest BCUT2D eigenvalue weighted by Gasteiger charge is 2.41. The van der Waals surface area contributed by atoms with Crippen molar-refractivity contribution in [1.82, 2.24) is 4.98 Å². The summed E-state index contributed by atoms with van der Waals surface area (Å²) >= 11 is 1.25. The molecule has 2 N–H and O–H groups in total. The molecule has 0 atom stereocenters. The van der Waals surface area contributed by atoms with Gasteiger partial charge >= 0.3 is 12.3 Å². The molecule has 0 radical (unpaired) electrons. The Morgan fingerprint density at radius 2 is 1.90 bits per heavy atom. The van der Waals surface area contributed by atoms with Gasteiger partial charge in [0, 0.05) is 16.8 Å². The summed E-state index contributed by atoms with van der Waals surface area (Å²) in [7, 11) is 0. The topological polar surface area (TPSA) is 48.1 Å². The molecule has 8 heteroatoms. The van der Waals surface area contributed by atoms with Gasteiger partial charge in [-0.2, -0.15) is 8.78 Å². The Bertz CT molecular complexity index is 443. The maximum atomic E-state index is 12.7. The molecule has 0 unspecified atom stereocenters. The van der Waals surface area contributed by atoms with Crippen LogP contribution in [0.5, 0.6) is 0 Å². The molecule has 0 aromatic carbocycles. The molecule has 0 saturated heterocycles. The smallest absolute Gasteiger partial charge is 0.330 e. The van der Waals surface area contributed by atoms with Crippen molar-refractivity contribution in [2.45, 2.75) is 51.7 Å². The number of alkyl halides is 4. The molecule has 0 aliphatic rings. The lowest BCUT2D eigenvalue weighted by Crippen LogP contribution is -2.32. The standard InChI is InChI=1S/C12H18F4N2OS/c1-11(2,3)9-7(4-17)20-8(18-9)5-19-6-12(15,16)10(13)14/h10H,4-6,17H2,1-3H3. The van der Waals surface area contributed by atoms with Gasteiger partial charge in [0.15, 0.2) is 0 Å². The van der Waals surface area contributed by atoms with Gasteiger partial charge in [0.2, 0.25) is 0 Å². The normalized spacial score (nSPS) is 13.2. The summed E-state index contributed by atoms with van der Waals surface area (Å²) in [5.41, 5.74) is 6.16. The third kappa shape index (κ3) is 4.39. The van der Waals surface area contributed by atoms with Gasteiger partial charge in [0.05, 0.1) is 12.3 Å². The average Bonchev–Trinajstić information content (AvgIpc) is 2.71. The number of nitrogens with zero attached hydrogens (tertiary/aromatic N) is 1. The molecule has 3 nitrogen and oxygen atoms in total. The van der Waals surface area contributed by atoms with Crippen molar-refractivity contribution < 1.29 is 22.3 Å². The number of ether oxygens (including phenoxy) is 1. The van der Waals surface area contributed by atoms with E-state index < -0.39 is 19.0 Å². The van der Waals surface area contributed by atoms with Crippen LogP contribution in [0.25, 0.3) is 0 Å². The number of hydrogen-bond donors (Lipinski definition) is 1. The Morgan fingerprint density at radius 3 is 2.30 bits per heavy atom. The zero-order valence-corrected chi connectivity index (χ0v) is 12.4. The summed E-state index contributed by atoms with van der Waals surface area (Å²) < 4.78 is 53.9. The lowest BCUT2D eigenvalue weighted by molar-refractivity contribution is -0.168. The van der Waals surface area contributed by atoms with Crippen LogP contribution in [-0.4, -0.2) is 23.9 Å². The SMILES string of the molecule is CC(C)(C)c1nc(COCC(F)(F)C(F)F)sc1CN. The van der Waals surface area contributed by atoms with E-state index in [0.29, 0.717) is 5.01 Å². The number of thiazole rings is 1. The van der Waals surface area contributed by atoms with Crippen LogP contribution in [0.15, 0.2) is 0 Å². The summed E-state index contributed by atoms with van der Waals surface area (Å²) in [5, 5.41) is 0.459. The fourth-order valence-electron chi connectivity index (χ4n) is 1.52. The van der Waals surface area contributed by atoms with Gasteiger partial charge in [-0.3, -0.25) is 0 Å². The van der Waals surface area contributed by atoms with E-state index in [1.807, 2.05) is 20.8 Å². The Morgan fingerprint density at radius 1 is 1.30 bits per heavy atom. The number of rotatable bonds is 6. The van der Waals surface area contributed by atoms with Gasteiger partial charge in [-0.1, -0.05) is 20.8 Å². The molecule has 0 spiro atoms. The van der Waals surface area contributed by atoms with Crippen molar-refractivity contribution in [2.24, 2.45) is 5.73 Å². The van der Waals surface area contributed by atoms with Gasteiger partial charge in [-0.15, -0.1) is 11.3 Å². The van der Waals surface area contributed by atoms with Crippen molar-refractivity contribution in [3.05, 3.63) is 15.6 Å². The molecule has 0 bridgehead atoms. The van der Waals surface area contributed by atoms with Crippen molar-refractivity contribution in [1.29, 1.82) is 0 Å². The van der Waals surface area contributed by atoms with Crippen molar-refractivity contribution >= 4 is 11.3 Å². The Balaban J connectivity index is 2.69. The van der Waals surface area contributed by atoms with Crippen molar-refractivity contribution in [3.8, 4) is 0 Å². The van der Waals surface area contributed by atoms with Crippen molar-refractivity contribution in [2.75, 3.05) is 6.61 Å². The van der Waals surface area contributed by atoms with E-state index in [1.165, 1.54) is 11.3 Å². The maximum Gasteiger partial charge on any atom is 0.330 e. The zero-order valence-electron chi connectivity index (χ0n) is 11.6. The first kappa shape index (κ1) is 17.3. The summed E-state index contributed by atoms with van der Waals surface area (Å²) in [6.45, 7) is 4.60. The second-order valence-electron chi connectivity index (χ2n) is 5.39. The van der Waals surface area contributed by atoms with E-state index in [9.17, 15) is 17.6 Å². The first-order chi connectivity index (χ1) is 9.08. The van der Waals surface area contributed by atoms with Crippen LogP contribution in [0.2, 0.25) is 0 Å². The molecule has 1 rings (SSSR count). The summed E-state index contributed by atoms with van der Waals surface area (Å²) in [5.74, 6) is -4.14. The minimum Gasteiger partial charge on any atom is -0.368 e. The molecule has 0 saturated carbocycles. The predicted molar refractivity (Wildman–Crippen MR) is 69.3 cm³/mol. The number of hydrogen-bond acceptors (Lipinski definition) is 4. The Hall–Kier alpha value is -0.730. The molecule has 0 aliphatic heterocycles. The highest BCUT2D eigenvalue weighted by atomic mass is 32.1. The molecule has 116 valence electrons. The molecule has 0 aliphatic carbocycles. The molecular formula is C12H18F4N2OS. The molecule has 0 fully saturated rings. The molecule has 20 heavy (non-hydrogen) atoms. The van der Waals surface area contributed by atoms with E-state index in [-0.39, 0.29) is 18.6 Å². The van der Waals surface area contributed by atoms with Gasteiger partial charge in [0.25, 0.3) is 0 Å². The van der Waals surface area contributed by atoms with Crippen LogP contribution in [0.3, 0.4) is 0 Å². The minimum absolute atomic E-state index is 0.226. The fraction of sp³-hybridized carbons (Fsp3) is 0.750. The average molecular weight is 314 g/mol. The van der Waals surface area contributed by atoms with E-state index in [0.717, 1.165) is 10.6 Å². The highest BCUT2D eigenvalue weighted by molar-refractivity contribution is 7.11. The number of halogens is 4. The zero-order chi connectivity index (χ0) is 15.6. The van der Waals surface area contributed by atoms with Crippen LogP contribution in [0.1, 0.15) is 36.3 Å². The summed E-state index contributed by atoms with van der Waals surface area (Å²) in [4.78, 5) is 5.14. The first-order valence-corrected chi connectivity index (χ1v) is 6.82. The second kappa shape index (κ2) is 6.36. The van der Waals surface area contributed by atoms with Gasteiger partial charge in [-0.25, -0.2) is 13.8 Å². The molecule has 1 aromatic heterocycles. The quantitative estimate of drug-likeness (QED) is 0.820. The van der Waals surface area contributed by atoms with Crippen LogP contribution in [-0.2, 0) is 23.3 Å². The summed E-state index contributed by atoms with van der Waals surface area (Å²) in [6.07, 6.45) is -3.73. The molecule has 1 aromatic rings. The highest BCUT2D eigenvalue weighted by Crippen LogP contribution is 2.30. The third-order valence-corrected chi connectivity index (χ3v) is 3.53. The third-order valence-electron chi connectivity index (χ3n) is 2.48. The largest absolute Gasteiger partial charge is 0.368 e. The van der Waals surface area contributed by atoms with Crippen LogP contribution < -0.4 is 5.73 Å². The van der Waals surface area contributed by atoms with E-state index in [1.54, 1.807) is 0 Å². The number of nitrogens with two attached hydrogens (primary N) is 1. The van der Waals surface area contributed by atoms with E-state index in [4.69, 9.17) is 5.73 Å². The minimum atomic E-state index is -4.14. The fourth-order valence-corrected chi connectivity index (χ4v) is 2.62. The van der Waals surface area contributed by atoms with E-state index in [2.05, 4.69) is 9.72 Å². The summed E-state index contributed by atoms with van der Waals surface area (Å²) in [6, 6.07) is 0.